The Morgan fingerprint density at radius 3 is 2.68 bits per heavy atom. The van der Waals surface area contributed by atoms with E-state index in [2.05, 4.69) is 13.8 Å². The summed E-state index contributed by atoms with van der Waals surface area (Å²) in [6, 6.07) is 0. The maximum Gasteiger partial charge on any atom is 0.336 e. The van der Waals surface area contributed by atoms with Crippen molar-refractivity contribution in [3.05, 3.63) is 11.1 Å². The number of hydrogen-bond acceptors (Lipinski definition) is 6. The van der Waals surface area contributed by atoms with Gasteiger partial charge in [0, 0.05) is 17.4 Å². The van der Waals surface area contributed by atoms with Crippen molar-refractivity contribution < 1.29 is 28.9 Å². The fourth-order valence-electron chi connectivity index (χ4n) is 5.24. The van der Waals surface area contributed by atoms with Crippen molar-refractivity contribution in [1.29, 1.82) is 0 Å². The Labute approximate surface area is 147 Å². The van der Waals surface area contributed by atoms with E-state index in [0.29, 0.717) is 11.1 Å². The molecule has 1 N–H and O–H groups in total. The fraction of sp³-hybridized carbons (Fsp3) is 0.789. The summed E-state index contributed by atoms with van der Waals surface area (Å²) in [6.07, 6.45) is 1.36. The summed E-state index contributed by atoms with van der Waals surface area (Å²) in [4.78, 5) is 24.6. The van der Waals surface area contributed by atoms with Gasteiger partial charge in [0.05, 0.1) is 17.6 Å². The molecule has 0 radical (unpaired) electrons. The largest absolute Gasteiger partial charge is 0.457 e. The van der Waals surface area contributed by atoms with Crippen LogP contribution in [0, 0.1) is 17.3 Å². The van der Waals surface area contributed by atoms with Gasteiger partial charge in [-0.2, -0.15) is 0 Å². The van der Waals surface area contributed by atoms with Gasteiger partial charge in [-0.15, -0.1) is 0 Å². The zero-order valence-corrected chi connectivity index (χ0v) is 15.4. The molecule has 0 aromatic heterocycles. The smallest absolute Gasteiger partial charge is 0.336 e. The minimum atomic E-state index is -1.74. The average Bonchev–Trinajstić information content (AvgIpc) is 3.17. The lowest BCUT2D eigenvalue weighted by Gasteiger charge is -2.54. The summed E-state index contributed by atoms with van der Waals surface area (Å²) < 4.78 is 17.3. The minimum absolute atomic E-state index is 0.0131. The molecule has 0 bridgehead atoms. The lowest BCUT2D eigenvalue weighted by molar-refractivity contribution is -0.227. The van der Waals surface area contributed by atoms with Gasteiger partial charge < -0.3 is 19.3 Å². The summed E-state index contributed by atoms with van der Waals surface area (Å²) in [7, 11) is 0. The lowest BCUT2D eigenvalue weighted by Crippen LogP contribution is -2.64. The molecule has 6 atom stereocenters. The van der Waals surface area contributed by atoms with Gasteiger partial charge in [-0.25, -0.2) is 4.79 Å². The third-order valence-corrected chi connectivity index (χ3v) is 7.02. The van der Waals surface area contributed by atoms with Gasteiger partial charge in [-0.3, -0.25) is 4.79 Å². The molecule has 2 aliphatic carbocycles. The van der Waals surface area contributed by atoms with Gasteiger partial charge in [0.25, 0.3) is 0 Å². The van der Waals surface area contributed by atoms with Gasteiger partial charge in [-0.1, -0.05) is 27.7 Å². The van der Waals surface area contributed by atoms with Crippen LogP contribution in [0.3, 0.4) is 0 Å². The number of rotatable bonds is 2. The molecule has 25 heavy (non-hydrogen) atoms. The van der Waals surface area contributed by atoms with Crippen molar-refractivity contribution >= 4 is 11.9 Å². The van der Waals surface area contributed by atoms with Gasteiger partial charge in [0.15, 0.2) is 0 Å². The minimum Gasteiger partial charge on any atom is -0.457 e. The van der Waals surface area contributed by atoms with E-state index in [1.165, 1.54) is 0 Å². The first-order valence-corrected chi connectivity index (χ1v) is 9.12. The molecule has 6 nitrogen and oxygen atoms in total. The Balaban J connectivity index is 1.87. The molecule has 1 spiro atoms. The Bertz CT molecular complexity index is 696. The van der Waals surface area contributed by atoms with Crippen LogP contribution in [0.1, 0.15) is 53.9 Å². The van der Waals surface area contributed by atoms with E-state index in [0.717, 1.165) is 12.8 Å². The second kappa shape index (κ2) is 4.86. The third-order valence-electron chi connectivity index (χ3n) is 7.02. The van der Waals surface area contributed by atoms with Gasteiger partial charge >= 0.3 is 11.9 Å². The maximum absolute atomic E-state index is 12.4. The van der Waals surface area contributed by atoms with Gasteiger partial charge in [0.1, 0.15) is 11.7 Å². The van der Waals surface area contributed by atoms with Crippen LogP contribution in [0.2, 0.25) is 0 Å². The molecule has 3 fully saturated rings. The van der Waals surface area contributed by atoms with E-state index in [1.807, 2.05) is 0 Å². The van der Waals surface area contributed by atoms with Crippen molar-refractivity contribution in [1.82, 2.24) is 0 Å². The molecule has 6 heteroatoms. The number of carbonyl (C=O) groups excluding carboxylic acids is 2. The van der Waals surface area contributed by atoms with Crippen LogP contribution in [0.4, 0.5) is 0 Å². The fourth-order valence-corrected chi connectivity index (χ4v) is 5.24. The van der Waals surface area contributed by atoms with Crippen LogP contribution < -0.4 is 0 Å². The Hall–Kier alpha value is -1.40. The molecule has 4 rings (SSSR count). The Morgan fingerprint density at radius 2 is 2.04 bits per heavy atom. The third kappa shape index (κ3) is 1.92. The molecular weight excluding hydrogens is 324 g/mol. The number of esters is 2. The quantitative estimate of drug-likeness (QED) is 0.606. The number of aliphatic hydroxyl groups is 1. The number of ether oxygens (including phenoxy) is 3. The molecular formula is C19H26O6. The van der Waals surface area contributed by atoms with Crippen molar-refractivity contribution in [2.75, 3.05) is 0 Å². The average molecular weight is 350 g/mol. The number of carbonyl (C=O) groups is 2. The summed E-state index contributed by atoms with van der Waals surface area (Å²) in [6.45, 7) is 9.37. The van der Waals surface area contributed by atoms with E-state index in [4.69, 9.17) is 14.2 Å². The highest BCUT2D eigenvalue weighted by Gasteiger charge is 2.80. The maximum atomic E-state index is 12.4. The monoisotopic (exact) mass is 350 g/mol. The predicted octanol–water partition coefficient (Wildman–Crippen LogP) is 2.09. The van der Waals surface area contributed by atoms with E-state index in [9.17, 15) is 14.7 Å². The Morgan fingerprint density at radius 1 is 1.36 bits per heavy atom. The highest BCUT2D eigenvalue weighted by atomic mass is 16.7. The van der Waals surface area contributed by atoms with E-state index >= 15 is 0 Å². The SMILES string of the molecule is CC1=C2[C@@H](OC(=O)C(C)C)[C@]3(C)[C@@H](C)CC[C@H]4O[C@]43C[C@@]2(O)OC1=O. The van der Waals surface area contributed by atoms with E-state index in [1.54, 1.807) is 20.8 Å². The van der Waals surface area contributed by atoms with Crippen LogP contribution in [0.5, 0.6) is 0 Å². The van der Waals surface area contributed by atoms with Gasteiger partial charge in [-0.05, 0) is 25.7 Å². The van der Waals surface area contributed by atoms with Crippen molar-refractivity contribution in [3.8, 4) is 0 Å². The van der Waals surface area contributed by atoms with Crippen LogP contribution >= 0.6 is 0 Å². The predicted molar refractivity (Wildman–Crippen MR) is 87.2 cm³/mol. The topological polar surface area (TPSA) is 85.4 Å². The summed E-state index contributed by atoms with van der Waals surface area (Å²) in [5.41, 5.74) is -0.370. The molecule has 0 amide bonds. The number of fused-ring (bicyclic) bond motifs is 1. The van der Waals surface area contributed by atoms with Crippen LogP contribution in [-0.4, -0.2) is 40.6 Å². The highest BCUT2D eigenvalue weighted by molar-refractivity contribution is 5.93. The van der Waals surface area contributed by atoms with E-state index < -0.39 is 28.9 Å². The normalized spacial score (nSPS) is 47.8. The molecule has 2 heterocycles. The first-order chi connectivity index (χ1) is 11.6. The molecule has 0 aromatic rings. The molecule has 4 aliphatic rings. The molecule has 2 aliphatic heterocycles. The zero-order valence-electron chi connectivity index (χ0n) is 15.4. The van der Waals surface area contributed by atoms with Crippen molar-refractivity contribution in [2.45, 2.75) is 77.5 Å². The lowest BCUT2D eigenvalue weighted by atomic mass is 9.51. The van der Waals surface area contributed by atoms with Crippen molar-refractivity contribution in [2.24, 2.45) is 17.3 Å². The first kappa shape index (κ1) is 17.0. The number of epoxide rings is 1. The molecule has 1 saturated heterocycles. The zero-order chi connectivity index (χ0) is 18.4. The highest BCUT2D eigenvalue weighted by Crippen LogP contribution is 2.70. The van der Waals surface area contributed by atoms with Crippen LogP contribution in [-0.2, 0) is 23.8 Å². The Kier molecular flexibility index (Phi) is 3.31. The molecule has 2 saturated carbocycles. The molecule has 138 valence electrons. The molecule has 0 unspecified atom stereocenters. The van der Waals surface area contributed by atoms with Crippen LogP contribution in [0.25, 0.3) is 0 Å². The summed E-state index contributed by atoms with van der Waals surface area (Å²) >= 11 is 0. The second-order valence-corrected chi connectivity index (χ2v) is 8.62. The summed E-state index contributed by atoms with van der Waals surface area (Å²) in [5, 5.41) is 11.1. The summed E-state index contributed by atoms with van der Waals surface area (Å²) in [5.74, 6) is -2.72. The van der Waals surface area contributed by atoms with Gasteiger partial charge in [0.2, 0.25) is 5.79 Å². The first-order valence-electron chi connectivity index (χ1n) is 9.12. The van der Waals surface area contributed by atoms with E-state index in [-0.39, 0.29) is 30.3 Å². The number of hydrogen-bond donors (Lipinski definition) is 1. The molecule has 0 aromatic carbocycles. The standard InChI is InChI=1S/C19H26O6/c1-9(2)15(20)23-14-13-11(4)16(21)25-19(13,22)8-18-12(24-18)7-6-10(3)17(14,18)5/h9-10,12,14,22H,6-8H2,1-5H3/t10-,12+,14+,17-,18+,19+/m0/s1. The second-order valence-electron chi connectivity index (χ2n) is 8.62. The van der Waals surface area contributed by atoms with Crippen LogP contribution in [0.15, 0.2) is 11.1 Å². The van der Waals surface area contributed by atoms with Crippen molar-refractivity contribution in [3.63, 3.8) is 0 Å².